The van der Waals surface area contributed by atoms with Gasteiger partial charge in [0.05, 0.1) is 5.52 Å². The number of rotatable bonds is 0. The van der Waals surface area contributed by atoms with Crippen LogP contribution < -0.4 is 0 Å². The fourth-order valence-electron chi connectivity index (χ4n) is 4.11. The topological polar surface area (TPSA) is 4.41 Å². The maximum atomic E-state index is 2.35. The molecular formula is C24H21NS. The number of hydrogen-bond acceptors (Lipinski definition) is 1. The molecule has 6 rings (SSSR count). The molecule has 128 valence electrons. The van der Waals surface area contributed by atoms with E-state index in [9.17, 15) is 0 Å². The summed E-state index contributed by atoms with van der Waals surface area (Å²) in [5.74, 6) is 0. The Balaban J connectivity index is 0.000000156. The summed E-state index contributed by atoms with van der Waals surface area (Å²) in [6.07, 6.45) is 7.27. The van der Waals surface area contributed by atoms with Gasteiger partial charge in [-0.25, -0.2) is 0 Å². The molecule has 0 unspecified atom stereocenters. The molecule has 0 amide bonds. The van der Waals surface area contributed by atoms with E-state index in [0.29, 0.717) is 0 Å². The second-order valence-electron chi connectivity index (χ2n) is 6.96. The normalized spacial score (nSPS) is 13.5. The molecule has 2 heterocycles. The van der Waals surface area contributed by atoms with Crippen molar-refractivity contribution in [3.05, 3.63) is 89.4 Å². The molecule has 0 saturated heterocycles. The van der Waals surface area contributed by atoms with E-state index in [0.717, 1.165) is 0 Å². The maximum Gasteiger partial charge on any atom is 0.0568 e. The van der Waals surface area contributed by atoms with Crippen LogP contribution in [0.15, 0.2) is 78.3 Å². The van der Waals surface area contributed by atoms with Crippen molar-refractivity contribution in [3.63, 3.8) is 0 Å². The van der Waals surface area contributed by atoms with Gasteiger partial charge in [0.25, 0.3) is 0 Å². The molecule has 3 aromatic carbocycles. The minimum absolute atomic E-state index is 1.25. The van der Waals surface area contributed by atoms with Crippen LogP contribution >= 0.6 is 11.5 Å². The monoisotopic (exact) mass is 355 g/mol. The molecule has 0 radical (unpaired) electrons. The lowest BCUT2D eigenvalue weighted by Crippen LogP contribution is -2.02. The van der Waals surface area contributed by atoms with Crippen molar-refractivity contribution in [3.8, 4) is 0 Å². The van der Waals surface area contributed by atoms with E-state index in [4.69, 9.17) is 0 Å². The van der Waals surface area contributed by atoms with Crippen LogP contribution in [0.25, 0.3) is 27.1 Å². The fraction of sp³-hybridized carbons (Fsp3) is 0.167. The average molecular weight is 356 g/mol. The van der Waals surface area contributed by atoms with Gasteiger partial charge in [-0.3, -0.25) is 3.79 Å². The molecule has 2 heteroatoms. The van der Waals surface area contributed by atoms with Crippen LogP contribution in [0.5, 0.6) is 0 Å². The molecule has 0 saturated carbocycles. The lowest BCUT2D eigenvalue weighted by molar-refractivity contribution is 0.690. The molecule has 0 N–H and O–H groups in total. The van der Waals surface area contributed by atoms with Crippen molar-refractivity contribution in [2.45, 2.75) is 25.7 Å². The Morgan fingerprint density at radius 2 is 1.58 bits per heavy atom. The highest BCUT2D eigenvalue weighted by atomic mass is 32.1. The number of fused-ring (bicyclic) bond motifs is 6. The van der Waals surface area contributed by atoms with E-state index in [2.05, 4.69) is 76.0 Å². The summed E-state index contributed by atoms with van der Waals surface area (Å²) in [4.78, 5) is 0. The van der Waals surface area contributed by atoms with E-state index in [1.165, 1.54) is 52.7 Å². The lowest BCUT2D eigenvalue weighted by Gasteiger charge is -2.18. The van der Waals surface area contributed by atoms with Crippen molar-refractivity contribution >= 4 is 38.6 Å². The lowest BCUT2D eigenvalue weighted by atomic mass is 9.86. The Labute approximate surface area is 157 Å². The highest BCUT2D eigenvalue weighted by molar-refractivity contribution is 7.04. The number of nitrogens with zero attached hydrogens (tertiary/aromatic N) is 1. The van der Waals surface area contributed by atoms with E-state index >= 15 is 0 Å². The summed E-state index contributed by atoms with van der Waals surface area (Å²) < 4.78 is 2.12. The first-order valence-electron chi connectivity index (χ1n) is 9.33. The van der Waals surface area contributed by atoms with Crippen LogP contribution in [-0.4, -0.2) is 3.79 Å². The Bertz CT molecular complexity index is 1140. The number of hydrogen-bond donors (Lipinski definition) is 0. The molecule has 5 aromatic rings. The Morgan fingerprint density at radius 3 is 2.54 bits per heavy atom. The van der Waals surface area contributed by atoms with Crippen LogP contribution in [-0.2, 0) is 12.8 Å². The summed E-state index contributed by atoms with van der Waals surface area (Å²) in [6, 6.07) is 24.2. The molecule has 0 fully saturated rings. The van der Waals surface area contributed by atoms with Gasteiger partial charge in [0.1, 0.15) is 0 Å². The standard InChI is InChI=1S/C18H16.C6H5NS/c1-3-7-15-13(5-1)9-11-18-16-8-4-2-6-14(16)10-12-17(15)18;1-2-6-3-5-8-7(6)4-1/h1,3,5,7,9-12H,2,4,6,8H2;1-5H. The zero-order valence-corrected chi connectivity index (χ0v) is 15.5. The molecule has 2 aromatic heterocycles. The van der Waals surface area contributed by atoms with Gasteiger partial charge in [-0.1, -0.05) is 60.1 Å². The van der Waals surface area contributed by atoms with E-state index in [1.807, 2.05) is 6.07 Å². The van der Waals surface area contributed by atoms with E-state index in [1.54, 1.807) is 22.7 Å². The van der Waals surface area contributed by atoms with Gasteiger partial charge >= 0.3 is 0 Å². The number of benzene rings is 3. The highest BCUT2D eigenvalue weighted by Crippen LogP contribution is 2.33. The SMILES string of the molecule is c1cc2ccsn2c1.c1ccc2c(c1)ccc1c3c(ccc12)CCCC3. The third kappa shape index (κ3) is 2.71. The van der Waals surface area contributed by atoms with Crippen molar-refractivity contribution in [1.82, 2.24) is 3.79 Å². The first kappa shape index (κ1) is 15.7. The third-order valence-electron chi connectivity index (χ3n) is 5.41. The van der Waals surface area contributed by atoms with Gasteiger partial charge in [-0.15, -0.1) is 0 Å². The maximum absolute atomic E-state index is 2.35. The summed E-state index contributed by atoms with van der Waals surface area (Å²) in [5, 5.41) is 7.72. The van der Waals surface area contributed by atoms with Crippen LogP contribution in [0.3, 0.4) is 0 Å². The Kier molecular flexibility index (Phi) is 3.99. The van der Waals surface area contributed by atoms with Gasteiger partial charge < -0.3 is 0 Å². The molecule has 0 atom stereocenters. The number of aryl methyl sites for hydroxylation is 2. The average Bonchev–Trinajstić information content (AvgIpc) is 3.33. The first-order chi connectivity index (χ1) is 12.9. The van der Waals surface area contributed by atoms with Crippen molar-refractivity contribution in [2.75, 3.05) is 0 Å². The summed E-state index contributed by atoms with van der Waals surface area (Å²) in [6.45, 7) is 0. The van der Waals surface area contributed by atoms with Gasteiger partial charge in [0, 0.05) is 11.6 Å². The largest absolute Gasteiger partial charge is 0.274 e. The molecule has 1 nitrogen and oxygen atoms in total. The fourth-order valence-corrected chi connectivity index (χ4v) is 4.83. The van der Waals surface area contributed by atoms with Gasteiger partial charge in [-0.2, -0.15) is 0 Å². The zero-order chi connectivity index (χ0) is 17.3. The van der Waals surface area contributed by atoms with Gasteiger partial charge in [0.2, 0.25) is 0 Å². The number of aromatic nitrogens is 1. The smallest absolute Gasteiger partial charge is 0.0568 e. The molecule has 0 aliphatic heterocycles. The molecule has 0 spiro atoms. The second kappa shape index (κ2) is 6.62. The predicted molar refractivity (Wildman–Crippen MR) is 113 cm³/mol. The van der Waals surface area contributed by atoms with E-state index in [-0.39, 0.29) is 0 Å². The minimum atomic E-state index is 1.25. The van der Waals surface area contributed by atoms with E-state index < -0.39 is 0 Å². The van der Waals surface area contributed by atoms with Crippen LogP contribution in [0.1, 0.15) is 24.0 Å². The first-order valence-corrected chi connectivity index (χ1v) is 10.2. The van der Waals surface area contributed by atoms with Crippen molar-refractivity contribution < 1.29 is 0 Å². The van der Waals surface area contributed by atoms with Crippen molar-refractivity contribution in [2.24, 2.45) is 0 Å². The van der Waals surface area contributed by atoms with Crippen LogP contribution in [0, 0.1) is 0 Å². The molecule has 1 aliphatic carbocycles. The van der Waals surface area contributed by atoms with Crippen molar-refractivity contribution in [1.29, 1.82) is 0 Å². The highest BCUT2D eigenvalue weighted by Gasteiger charge is 2.13. The summed E-state index contributed by atoms with van der Waals surface area (Å²) >= 11 is 1.71. The molecule has 26 heavy (non-hydrogen) atoms. The third-order valence-corrected chi connectivity index (χ3v) is 6.23. The molecule has 0 bridgehead atoms. The second-order valence-corrected chi connectivity index (χ2v) is 7.84. The molecule has 1 aliphatic rings. The van der Waals surface area contributed by atoms with Gasteiger partial charge in [0.15, 0.2) is 0 Å². The minimum Gasteiger partial charge on any atom is -0.274 e. The Hall–Kier alpha value is -2.58. The van der Waals surface area contributed by atoms with Crippen LogP contribution in [0.4, 0.5) is 0 Å². The summed E-state index contributed by atoms with van der Waals surface area (Å²) in [7, 11) is 0. The zero-order valence-electron chi connectivity index (χ0n) is 14.7. The van der Waals surface area contributed by atoms with Crippen LogP contribution in [0.2, 0.25) is 0 Å². The molecular weight excluding hydrogens is 334 g/mol. The summed E-state index contributed by atoms with van der Waals surface area (Å²) in [5.41, 5.74) is 4.46. The predicted octanol–water partition coefficient (Wildman–Crippen LogP) is 6.87. The van der Waals surface area contributed by atoms with Gasteiger partial charge in [-0.05, 0) is 76.6 Å². The quantitative estimate of drug-likeness (QED) is 0.267. The Morgan fingerprint density at radius 1 is 0.692 bits per heavy atom.